The van der Waals surface area contributed by atoms with E-state index in [2.05, 4.69) is 0 Å². The van der Waals surface area contributed by atoms with E-state index in [9.17, 15) is 4.79 Å². The van der Waals surface area contributed by atoms with Crippen LogP contribution >= 0.6 is 11.6 Å². The summed E-state index contributed by atoms with van der Waals surface area (Å²) in [6.45, 7) is 0.498. The fraction of sp³-hybridized carbons (Fsp3) is 0.267. The average Bonchev–Trinajstić information content (AvgIpc) is 3.19. The van der Waals surface area contributed by atoms with Gasteiger partial charge in [0, 0.05) is 18.3 Å². The Morgan fingerprint density at radius 1 is 1.35 bits per heavy atom. The number of rotatable bonds is 4. The van der Waals surface area contributed by atoms with Gasteiger partial charge in [-0.05, 0) is 42.1 Å². The van der Waals surface area contributed by atoms with Crippen molar-refractivity contribution in [2.45, 2.75) is 25.4 Å². The molecular weight excluding hydrogens is 276 g/mol. The summed E-state index contributed by atoms with van der Waals surface area (Å²) >= 11 is 5.90. The Kier molecular flexibility index (Phi) is 3.40. The zero-order valence-corrected chi connectivity index (χ0v) is 11.6. The number of furan rings is 1. The molecule has 104 valence electrons. The number of benzene rings is 1. The zero-order chi connectivity index (χ0) is 14.1. The fourth-order valence-corrected chi connectivity index (χ4v) is 2.41. The van der Waals surface area contributed by atoms with Crippen molar-refractivity contribution in [3.63, 3.8) is 0 Å². The second-order valence-electron chi connectivity index (χ2n) is 4.97. The van der Waals surface area contributed by atoms with Gasteiger partial charge in [-0.2, -0.15) is 0 Å². The molecule has 0 unspecified atom stereocenters. The van der Waals surface area contributed by atoms with Crippen LogP contribution in [0.4, 0.5) is 5.69 Å². The van der Waals surface area contributed by atoms with Crippen molar-refractivity contribution in [2.24, 2.45) is 0 Å². The first-order valence-electron chi connectivity index (χ1n) is 6.54. The van der Waals surface area contributed by atoms with Gasteiger partial charge in [0.05, 0.1) is 11.8 Å². The van der Waals surface area contributed by atoms with E-state index in [1.165, 1.54) is 6.26 Å². The highest BCUT2D eigenvalue weighted by Gasteiger charge is 2.34. The predicted molar refractivity (Wildman–Crippen MR) is 77.5 cm³/mol. The van der Waals surface area contributed by atoms with Crippen LogP contribution in [0.15, 0.2) is 41.0 Å². The molecule has 1 saturated carbocycles. The number of hydrogen-bond donors (Lipinski definition) is 1. The molecule has 2 aromatic rings. The second-order valence-corrected chi connectivity index (χ2v) is 5.31. The van der Waals surface area contributed by atoms with Crippen molar-refractivity contribution in [2.75, 3.05) is 5.73 Å². The van der Waals surface area contributed by atoms with E-state index in [1.54, 1.807) is 6.07 Å². The van der Waals surface area contributed by atoms with Gasteiger partial charge in [-0.15, -0.1) is 0 Å². The number of nitrogen functional groups attached to an aromatic ring is 1. The van der Waals surface area contributed by atoms with E-state index in [-0.39, 0.29) is 17.2 Å². The van der Waals surface area contributed by atoms with Crippen LogP contribution in [0.3, 0.4) is 0 Å². The highest BCUT2D eigenvalue weighted by molar-refractivity contribution is 6.32. The number of carbonyl (C=O) groups is 1. The van der Waals surface area contributed by atoms with Crippen LogP contribution < -0.4 is 5.73 Å². The molecule has 0 saturated heterocycles. The third kappa shape index (κ3) is 2.51. The lowest BCUT2D eigenvalue weighted by molar-refractivity contribution is 0.0730. The monoisotopic (exact) mass is 290 g/mol. The van der Waals surface area contributed by atoms with Gasteiger partial charge in [0.2, 0.25) is 5.22 Å². The molecule has 4 nitrogen and oxygen atoms in total. The number of halogens is 1. The molecule has 1 amide bonds. The average molecular weight is 291 g/mol. The number of nitrogens with zero attached hydrogens (tertiary/aromatic N) is 1. The van der Waals surface area contributed by atoms with Gasteiger partial charge in [0.1, 0.15) is 0 Å². The summed E-state index contributed by atoms with van der Waals surface area (Å²) in [6.07, 6.45) is 3.47. The lowest BCUT2D eigenvalue weighted by Crippen LogP contribution is -2.32. The molecular formula is C15H15ClN2O2. The molecule has 1 fully saturated rings. The van der Waals surface area contributed by atoms with Crippen molar-refractivity contribution < 1.29 is 9.21 Å². The standard InChI is InChI=1S/C15H15ClN2O2/c16-14-12(7-8-20-14)15(19)18(11-5-6-11)9-10-3-1-2-4-13(10)17/h1-4,7-8,11H,5-6,9,17H2. The number of anilines is 1. The molecule has 0 spiro atoms. The number of nitrogens with two attached hydrogens (primary N) is 1. The molecule has 3 rings (SSSR count). The summed E-state index contributed by atoms with van der Waals surface area (Å²) in [5.74, 6) is -0.102. The molecule has 0 aliphatic heterocycles. The van der Waals surface area contributed by atoms with Crippen molar-refractivity contribution in [3.8, 4) is 0 Å². The summed E-state index contributed by atoms with van der Waals surface area (Å²) in [5.41, 5.74) is 8.02. The van der Waals surface area contributed by atoms with E-state index < -0.39 is 0 Å². The largest absolute Gasteiger partial charge is 0.452 e. The summed E-state index contributed by atoms with van der Waals surface area (Å²) in [4.78, 5) is 14.4. The molecule has 1 aromatic carbocycles. The molecule has 0 atom stereocenters. The van der Waals surface area contributed by atoms with Crippen LogP contribution in [0.2, 0.25) is 5.22 Å². The van der Waals surface area contributed by atoms with Gasteiger partial charge in [-0.1, -0.05) is 18.2 Å². The van der Waals surface area contributed by atoms with Crippen LogP contribution in [0.5, 0.6) is 0 Å². The molecule has 1 aliphatic rings. The smallest absolute Gasteiger partial charge is 0.259 e. The predicted octanol–water partition coefficient (Wildman–Crippen LogP) is 3.32. The fourth-order valence-electron chi connectivity index (χ4n) is 2.22. The summed E-state index contributed by atoms with van der Waals surface area (Å²) in [5, 5.41) is 0.140. The number of carbonyl (C=O) groups excluding carboxylic acids is 1. The SMILES string of the molecule is Nc1ccccc1CN(C(=O)c1ccoc1Cl)C1CC1. The quantitative estimate of drug-likeness (QED) is 0.879. The number of amides is 1. The van der Waals surface area contributed by atoms with E-state index in [0.717, 1.165) is 18.4 Å². The lowest BCUT2D eigenvalue weighted by atomic mass is 10.1. The van der Waals surface area contributed by atoms with Crippen molar-refractivity contribution >= 4 is 23.2 Å². The van der Waals surface area contributed by atoms with Crippen molar-refractivity contribution in [3.05, 3.63) is 52.9 Å². The van der Waals surface area contributed by atoms with Gasteiger partial charge in [-0.25, -0.2) is 0 Å². The zero-order valence-electron chi connectivity index (χ0n) is 10.9. The normalized spacial score (nSPS) is 14.2. The van der Waals surface area contributed by atoms with Crippen LogP contribution in [-0.2, 0) is 6.54 Å². The third-order valence-electron chi connectivity index (χ3n) is 3.49. The van der Waals surface area contributed by atoms with Gasteiger partial charge in [-0.3, -0.25) is 4.79 Å². The molecule has 20 heavy (non-hydrogen) atoms. The van der Waals surface area contributed by atoms with Crippen LogP contribution in [0.25, 0.3) is 0 Å². The van der Waals surface area contributed by atoms with E-state index >= 15 is 0 Å². The highest BCUT2D eigenvalue weighted by Crippen LogP contribution is 2.32. The van der Waals surface area contributed by atoms with Gasteiger partial charge in [0.15, 0.2) is 0 Å². The first-order chi connectivity index (χ1) is 9.66. The summed E-state index contributed by atoms with van der Waals surface area (Å²) in [6, 6.07) is 9.47. The molecule has 2 N–H and O–H groups in total. The molecule has 1 aromatic heterocycles. The Balaban J connectivity index is 1.85. The number of para-hydroxylation sites is 1. The minimum Gasteiger partial charge on any atom is -0.452 e. The number of hydrogen-bond acceptors (Lipinski definition) is 3. The third-order valence-corrected chi connectivity index (χ3v) is 3.79. The Morgan fingerprint density at radius 2 is 2.10 bits per heavy atom. The van der Waals surface area contributed by atoms with Crippen molar-refractivity contribution in [1.29, 1.82) is 0 Å². The van der Waals surface area contributed by atoms with Crippen LogP contribution in [0.1, 0.15) is 28.8 Å². The van der Waals surface area contributed by atoms with Crippen molar-refractivity contribution in [1.82, 2.24) is 4.90 Å². The lowest BCUT2D eigenvalue weighted by Gasteiger charge is -2.22. The first-order valence-corrected chi connectivity index (χ1v) is 6.92. The minimum atomic E-state index is -0.102. The highest BCUT2D eigenvalue weighted by atomic mass is 35.5. The summed E-state index contributed by atoms with van der Waals surface area (Å²) < 4.78 is 5.00. The van der Waals surface area contributed by atoms with Gasteiger partial charge in [0.25, 0.3) is 5.91 Å². The topological polar surface area (TPSA) is 59.5 Å². The molecule has 1 aliphatic carbocycles. The van der Waals surface area contributed by atoms with Gasteiger partial charge >= 0.3 is 0 Å². The van der Waals surface area contributed by atoms with Crippen LogP contribution in [-0.4, -0.2) is 16.8 Å². The Bertz CT molecular complexity index is 634. The second kappa shape index (κ2) is 5.21. The molecule has 0 bridgehead atoms. The maximum Gasteiger partial charge on any atom is 0.259 e. The van der Waals surface area contributed by atoms with E-state index in [1.807, 2.05) is 29.2 Å². The maximum absolute atomic E-state index is 12.6. The summed E-state index contributed by atoms with van der Waals surface area (Å²) in [7, 11) is 0. The molecule has 0 radical (unpaired) electrons. The van der Waals surface area contributed by atoms with Gasteiger partial charge < -0.3 is 15.1 Å². The van der Waals surface area contributed by atoms with Crippen LogP contribution in [0, 0.1) is 0 Å². The Hall–Kier alpha value is -1.94. The minimum absolute atomic E-state index is 0.102. The van der Waals surface area contributed by atoms with E-state index in [0.29, 0.717) is 17.8 Å². The molecule has 5 heteroatoms. The maximum atomic E-state index is 12.6. The first kappa shape index (κ1) is 13.1. The van der Waals surface area contributed by atoms with E-state index in [4.69, 9.17) is 21.8 Å². The molecule has 1 heterocycles. The Labute approximate surface area is 122 Å². The Morgan fingerprint density at radius 3 is 2.70 bits per heavy atom.